The highest BCUT2D eigenvalue weighted by atomic mass is 14.9. The highest BCUT2D eigenvalue weighted by molar-refractivity contribution is 5.83. The molecule has 0 N–H and O–H groups in total. The van der Waals surface area contributed by atoms with Crippen molar-refractivity contribution >= 4 is 10.8 Å². The van der Waals surface area contributed by atoms with Gasteiger partial charge in [-0.2, -0.15) is 0 Å². The van der Waals surface area contributed by atoms with Crippen LogP contribution in [0.2, 0.25) is 0 Å². The molecule has 1 aromatic carbocycles. The van der Waals surface area contributed by atoms with Crippen molar-refractivity contribution in [2.24, 2.45) is 5.41 Å². The molecule has 1 heteroatoms. The van der Waals surface area contributed by atoms with Gasteiger partial charge in [-0.25, -0.2) is 4.57 Å². The van der Waals surface area contributed by atoms with Gasteiger partial charge in [0.1, 0.15) is 0 Å². The van der Waals surface area contributed by atoms with Crippen LogP contribution < -0.4 is 4.57 Å². The molecule has 0 radical (unpaired) electrons. The summed E-state index contributed by atoms with van der Waals surface area (Å²) in [6.45, 7) is 11.7. The number of rotatable bonds is 5. The fraction of sp³-hybridized carbons (Fsp3) is 0.421. The van der Waals surface area contributed by atoms with Crippen molar-refractivity contribution in [3.05, 3.63) is 54.9 Å². The highest BCUT2D eigenvalue weighted by Gasteiger charge is 2.12. The first-order chi connectivity index (χ1) is 9.49. The quantitative estimate of drug-likeness (QED) is 0.547. The lowest BCUT2D eigenvalue weighted by Gasteiger charge is -2.17. The molecule has 0 unspecified atom stereocenters. The number of pyridine rings is 1. The summed E-state index contributed by atoms with van der Waals surface area (Å²) in [6.07, 6.45) is 10.1. The summed E-state index contributed by atoms with van der Waals surface area (Å²) >= 11 is 0. The van der Waals surface area contributed by atoms with Crippen LogP contribution in [0.15, 0.2) is 49.3 Å². The molecule has 0 atom stereocenters. The standard InChI is InChI=1S/C19H26N/c1-5-13-20-14-16-9-6-7-11-18(16)17(15-20)10-8-12-19(2,3)4/h5-7,9,11,14-15H,1,8,10,12-13H2,2-4H3/q+1. The summed E-state index contributed by atoms with van der Waals surface area (Å²) < 4.78 is 2.24. The Morgan fingerprint density at radius 2 is 1.90 bits per heavy atom. The number of hydrogen-bond acceptors (Lipinski definition) is 0. The zero-order valence-corrected chi connectivity index (χ0v) is 13.0. The molecule has 0 spiro atoms. The maximum Gasteiger partial charge on any atom is 0.176 e. The lowest BCUT2D eigenvalue weighted by atomic mass is 9.88. The molecule has 0 saturated heterocycles. The van der Waals surface area contributed by atoms with Crippen molar-refractivity contribution in [2.75, 3.05) is 0 Å². The summed E-state index contributed by atoms with van der Waals surface area (Å²) in [5, 5.41) is 2.71. The van der Waals surface area contributed by atoms with Crippen molar-refractivity contribution in [3.63, 3.8) is 0 Å². The minimum absolute atomic E-state index is 0.418. The fourth-order valence-electron chi connectivity index (χ4n) is 2.65. The van der Waals surface area contributed by atoms with E-state index in [1.54, 1.807) is 0 Å². The lowest BCUT2D eigenvalue weighted by Crippen LogP contribution is -2.32. The van der Waals surface area contributed by atoms with Crippen molar-refractivity contribution in [1.82, 2.24) is 0 Å². The van der Waals surface area contributed by atoms with Gasteiger partial charge < -0.3 is 0 Å². The first kappa shape index (κ1) is 14.8. The van der Waals surface area contributed by atoms with E-state index in [-0.39, 0.29) is 0 Å². The van der Waals surface area contributed by atoms with E-state index in [0.29, 0.717) is 5.41 Å². The van der Waals surface area contributed by atoms with E-state index in [4.69, 9.17) is 0 Å². The van der Waals surface area contributed by atoms with Gasteiger partial charge in [0, 0.05) is 10.9 Å². The maximum atomic E-state index is 3.84. The molecule has 20 heavy (non-hydrogen) atoms. The molecule has 0 fully saturated rings. The molecule has 2 rings (SSSR count). The maximum absolute atomic E-state index is 3.84. The third-order valence-corrected chi connectivity index (χ3v) is 3.65. The van der Waals surface area contributed by atoms with Crippen LogP contribution in [0, 0.1) is 5.41 Å². The second-order valence-corrected chi connectivity index (χ2v) is 6.77. The van der Waals surface area contributed by atoms with Crippen LogP contribution in [-0.2, 0) is 13.0 Å². The smallest absolute Gasteiger partial charge is 0.176 e. The van der Waals surface area contributed by atoms with Crippen LogP contribution in [0.3, 0.4) is 0 Å². The summed E-state index contributed by atoms with van der Waals surface area (Å²) in [7, 11) is 0. The number of aromatic nitrogens is 1. The van der Waals surface area contributed by atoms with Crippen LogP contribution in [0.25, 0.3) is 10.8 Å². The molecular formula is C19H26N+. The Labute approximate surface area is 123 Å². The molecular weight excluding hydrogens is 242 g/mol. The lowest BCUT2D eigenvalue weighted by molar-refractivity contribution is -0.686. The number of aryl methyl sites for hydroxylation is 1. The zero-order chi connectivity index (χ0) is 14.6. The normalized spacial score (nSPS) is 11.8. The van der Waals surface area contributed by atoms with E-state index >= 15 is 0 Å². The SMILES string of the molecule is C=CC[n+]1cc(CCCC(C)(C)C)c2ccccc2c1. The minimum atomic E-state index is 0.418. The van der Waals surface area contributed by atoms with Gasteiger partial charge in [0.15, 0.2) is 18.9 Å². The Kier molecular flexibility index (Phi) is 4.59. The van der Waals surface area contributed by atoms with E-state index in [1.807, 2.05) is 6.08 Å². The molecule has 0 aliphatic rings. The largest absolute Gasteiger partial charge is 0.201 e. The predicted octanol–water partition coefficient (Wildman–Crippen LogP) is 4.68. The molecule has 0 amide bonds. The Morgan fingerprint density at radius 3 is 2.60 bits per heavy atom. The molecule has 0 bridgehead atoms. The van der Waals surface area contributed by atoms with Crippen LogP contribution >= 0.6 is 0 Å². The van der Waals surface area contributed by atoms with E-state index in [1.165, 1.54) is 29.2 Å². The monoisotopic (exact) mass is 268 g/mol. The average Bonchev–Trinajstić information content (AvgIpc) is 2.37. The first-order valence-electron chi connectivity index (χ1n) is 7.51. The second kappa shape index (κ2) is 6.21. The van der Waals surface area contributed by atoms with Gasteiger partial charge in [-0.1, -0.05) is 45.5 Å². The second-order valence-electron chi connectivity index (χ2n) is 6.77. The molecule has 106 valence electrons. The number of allylic oxidation sites excluding steroid dienone is 1. The Morgan fingerprint density at radius 1 is 1.15 bits per heavy atom. The van der Waals surface area contributed by atoms with Crippen molar-refractivity contribution in [3.8, 4) is 0 Å². The molecule has 2 aromatic rings. The van der Waals surface area contributed by atoms with Gasteiger partial charge in [0.25, 0.3) is 0 Å². The zero-order valence-electron chi connectivity index (χ0n) is 13.0. The summed E-state index contributed by atoms with van der Waals surface area (Å²) in [5.41, 5.74) is 1.87. The van der Waals surface area contributed by atoms with E-state index in [2.05, 4.69) is 68.6 Å². The number of nitrogens with zero attached hydrogens (tertiary/aromatic N) is 1. The third kappa shape index (κ3) is 3.93. The Hall–Kier alpha value is -1.63. The highest BCUT2D eigenvalue weighted by Crippen LogP contribution is 2.24. The van der Waals surface area contributed by atoms with Crippen molar-refractivity contribution < 1.29 is 4.57 Å². The van der Waals surface area contributed by atoms with Gasteiger partial charge in [-0.15, -0.1) is 0 Å². The van der Waals surface area contributed by atoms with E-state index in [9.17, 15) is 0 Å². The number of hydrogen-bond donors (Lipinski definition) is 0. The average molecular weight is 268 g/mol. The summed E-state index contributed by atoms with van der Waals surface area (Å²) in [5.74, 6) is 0. The molecule has 0 saturated carbocycles. The topological polar surface area (TPSA) is 3.88 Å². The van der Waals surface area contributed by atoms with E-state index in [0.717, 1.165) is 13.0 Å². The molecule has 0 aliphatic heterocycles. The van der Waals surface area contributed by atoms with Gasteiger partial charge in [0.2, 0.25) is 0 Å². The van der Waals surface area contributed by atoms with Gasteiger partial charge >= 0.3 is 0 Å². The summed E-state index contributed by atoms with van der Waals surface area (Å²) in [6, 6.07) is 8.68. The van der Waals surface area contributed by atoms with Crippen LogP contribution in [-0.4, -0.2) is 0 Å². The van der Waals surface area contributed by atoms with Crippen molar-refractivity contribution in [2.45, 2.75) is 46.6 Å². The number of benzene rings is 1. The third-order valence-electron chi connectivity index (χ3n) is 3.65. The molecule has 0 aliphatic carbocycles. The predicted molar refractivity (Wildman–Crippen MR) is 86.7 cm³/mol. The summed E-state index contributed by atoms with van der Waals surface area (Å²) in [4.78, 5) is 0. The molecule has 1 nitrogen and oxygen atoms in total. The Bertz CT molecular complexity index is 590. The Balaban J connectivity index is 2.27. The molecule has 1 heterocycles. The van der Waals surface area contributed by atoms with Gasteiger partial charge in [-0.3, -0.25) is 0 Å². The first-order valence-corrected chi connectivity index (χ1v) is 7.51. The minimum Gasteiger partial charge on any atom is -0.201 e. The van der Waals surface area contributed by atoms with Crippen LogP contribution in [0.1, 0.15) is 39.2 Å². The van der Waals surface area contributed by atoms with Crippen LogP contribution in [0.4, 0.5) is 0 Å². The van der Waals surface area contributed by atoms with Crippen molar-refractivity contribution in [1.29, 1.82) is 0 Å². The van der Waals surface area contributed by atoms with Gasteiger partial charge in [-0.05, 0) is 42.2 Å². The van der Waals surface area contributed by atoms with Crippen LogP contribution in [0.5, 0.6) is 0 Å². The molecule has 1 aromatic heterocycles. The van der Waals surface area contributed by atoms with Gasteiger partial charge in [0.05, 0.1) is 0 Å². The number of fused-ring (bicyclic) bond motifs is 1. The fourth-order valence-corrected chi connectivity index (χ4v) is 2.65. The van der Waals surface area contributed by atoms with E-state index < -0.39 is 0 Å².